The molecular formula is C15H20N2OS2. The second-order valence-corrected chi connectivity index (χ2v) is 7.32. The van der Waals surface area contributed by atoms with Crippen LogP contribution >= 0.6 is 22.7 Å². The van der Waals surface area contributed by atoms with Crippen molar-refractivity contribution in [2.45, 2.75) is 40.2 Å². The van der Waals surface area contributed by atoms with Crippen LogP contribution in [0.4, 0.5) is 0 Å². The number of amides is 1. The number of nitrogens with zero attached hydrogens (tertiary/aromatic N) is 2. The van der Waals surface area contributed by atoms with E-state index in [-0.39, 0.29) is 11.9 Å². The summed E-state index contributed by atoms with van der Waals surface area (Å²) in [7, 11) is 0. The van der Waals surface area contributed by atoms with Crippen molar-refractivity contribution in [3.05, 3.63) is 27.4 Å². The average molecular weight is 308 g/mol. The summed E-state index contributed by atoms with van der Waals surface area (Å²) < 4.78 is 0. The third kappa shape index (κ3) is 3.67. The van der Waals surface area contributed by atoms with Gasteiger partial charge < -0.3 is 4.90 Å². The van der Waals surface area contributed by atoms with Gasteiger partial charge in [-0.05, 0) is 32.9 Å². The van der Waals surface area contributed by atoms with Crippen LogP contribution in [-0.4, -0.2) is 28.4 Å². The molecule has 0 unspecified atom stereocenters. The van der Waals surface area contributed by atoms with E-state index >= 15 is 0 Å². The second kappa shape index (κ2) is 6.50. The largest absolute Gasteiger partial charge is 0.340 e. The van der Waals surface area contributed by atoms with Gasteiger partial charge in [-0.3, -0.25) is 4.79 Å². The summed E-state index contributed by atoms with van der Waals surface area (Å²) in [6, 6.07) is 4.48. The fraction of sp³-hybridized carbons (Fsp3) is 0.467. The lowest BCUT2D eigenvalue weighted by molar-refractivity contribution is -0.130. The van der Waals surface area contributed by atoms with Gasteiger partial charge in [0.05, 0.1) is 15.6 Å². The Morgan fingerprint density at radius 3 is 2.70 bits per heavy atom. The molecule has 2 heterocycles. The molecule has 0 aromatic carbocycles. The number of thiophene rings is 1. The maximum Gasteiger partial charge on any atom is 0.219 e. The normalized spacial score (nSPS) is 11.1. The Hall–Kier alpha value is -1.20. The van der Waals surface area contributed by atoms with Crippen molar-refractivity contribution in [2.24, 2.45) is 0 Å². The van der Waals surface area contributed by atoms with E-state index < -0.39 is 0 Å². The van der Waals surface area contributed by atoms with Crippen molar-refractivity contribution in [3.8, 4) is 10.6 Å². The molecule has 0 atom stereocenters. The molecule has 0 bridgehead atoms. The molecule has 5 heteroatoms. The summed E-state index contributed by atoms with van der Waals surface area (Å²) in [4.78, 5) is 20.6. The van der Waals surface area contributed by atoms with Gasteiger partial charge in [-0.25, -0.2) is 4.98 Å². The highest BCUT2D eigenvalue weighted by molar-refractivity contribution is 7.16. The Bertz CT molecular complexity index is 586. The predicted octanol–water partition coefficient (Wildman–Crippen LogP) is 3.98. The summed E-state index contributed by atoms with van der Waals surface area (Å²) >= 11 is 3.44. The van der Waals surface area contributed by atoms with Crippen molar-refractivity contribution >= 4 is 28.6 Å². The molecule has 0 N–H and O–H groups in total. The smallest absolute Gasteiger partial charge is 0.219 e. The highest BCUT2D eigenvalue weighted by Gasteiger charge is 2.14. The van der Waals surface area contributed by atoms with Crippen LogP contribution in [0.1, 0.15) is 30.7 Å². The van der Waals surface area contributed by atoms with Crippen LogP contribution in [0.25, 0.3) is 10.6 Å². The maximum absolute atomic E-state index is 11.5. The molecule has 0 spiro atoms. The first kappa shape index (κ1) is 15.2. The van der Waals surface area contributed by atoms with Crippen LogP contribution in [-0.2, 0) is 11.2 Å². The van der Waals surface area contributed by atoms with Gasteiger partial charge in [0, 0.05) is 36.2 Å². The van der Waals surface area contributed by atoms with Gasteiger partial charge in [-0.15, -0.1) is 22.7 Å². The summed E-state index contributed by atoms with van der Waals surface area (Å²) in [5.74, 6) is 0.130. The first-order valence-corrected chi connectivity index (χ1v) is 8.45. The minimum atomic E-state index is 0.130. The highest BCUT2D eigenvalue weighted by Crippen LogP contribution is 2.28. The summed E-state index contributed by atoms with van der Waals surface area (Å²) in [5, 5.41) is 3.20. The van der Waals surface area contributed by atoms with E-state index in [0.29, 0.717) is 0 Å². The molecule has 1 amide bonds. The molecule has 0 aliphatic rings. The number of hydrogen-bond acceptors (Lipinski definition) is 4. The van der Waals surface area contributed by atoms with Crippen molar-refractivity contribution in [1.29, 1.82) is 0 Å². The molecule has 108 valence electrons. The zero-order valence-electron chi connectivity index (χ0n) is 12.3. The lowest BCUT2D eigenvalue weighted by Gasteiger charge is -2.24. The van der Waals surface area contributed by atoms with E-state index in [4.69, 9.17) is 0 Å². The van der Waals surface area contributed by atoms with E-state index in [1.54, 1.807) is 29.6 Å². The summed E-state index contributed by atoms with van der Waals surface area (Å²) in [6.45, 7) is 8.56. The van der Waals surface area contributed by atoms with Gasteiger partial charge in [-0.2, -0.15) is 0 Å². The van der Waals surface area contributed by atoms with Crippen LogP contribution in [0.5, 0.6) is 0 Å². The maximum atomic E-state index is 11.5. The molecule has 0 aliphatic heterocycles. The number of carbonyl (C=O) groups is 1. The Morgan fingerprint density at radius 1 is 1.40 bits per heavy atom. The first-order chi connectivity index (χ1) is 9.47. The molecule has 3 nitrogen and oxygen atoms in total. The third-order valence-electron chi connectivity index (χ3n) is 3.14. The van der Waals surface area contributed by atoms with Crippen LogP contribution in [0, 0.1) is 6.92 Å². The summed E-state index contributed by atoms with van der Waals surface area (Å²) in [5.41, 5.74) is 1.06. The van der Waals surface area contributed by atoms with Crippen molar-refractivity contribution in [1.82, 2.24) is 9.88 Å². The topological polar surface area (TPSA) is 33.2 Å². The number of thiazole rings is 1. The number of aryl methyl sites for hydroxylation is 1. The van der Waals surface area contributed by atoms with E-state index in [9.17, 15) is 4.79 Å². The predicted molar refractivity (Wildman–Crippen MR) is 86.4 cm³/mol. The second-order valence-electron chi connectivity index (χ2n) is 5.09. The quantitative estimate of drug-likeness (QED) is 0.837. The molecule has 2 aromatic heterocycles. The molecule has 0 saturated carbocycles. The van der Waals surface area contributed by atoms with Crippen molar-refractivity contribution in [3.63, 3.8) is 0 Å². The first-order valence-electron chi connectivity index (χ1n) is 6.76. The van der Waals surface area contributed by atoms with Crippen molar-refractivity contribution < 1.29 is 4.79 Å². The number of carbonyl (C=O) groups excluding carboxylic acids is 1. The summed E-state index contributed by atoms with van der Waals surface area (Å²) in [6.07, 6.45) is 0.826. The van der Waals surface area contributed by atoms with Crippen LogP contribution in [0.15, 0.2) is 17.5 Å². The van der Waals surface area contributed by atoms with Crippen molar-refractivity contribution in [2.75, 3.05) is 6.54 Å². The molecule has 0 fully saturated rings. The van der Waals surface area contributed by atoms with E-state index in [1.807, 2.05) is 18.7 Å². The van der Waals surface area contributed by atoms with Gasteiger partial charge in [-0.1, -0.05) is 0 Å². The van der Waals surface area contributed by atoms with Crippen LogP contribution in [0.2, 0.25) is 0 Å². The Balaban J connectivity index is 2.01. The molecule has 2 rings (SSSR count). The van der Waals surface area contributed by atoms with Gasteiger partial charge in [0.2, 0.25) is 5.91 Å². The van der Waals surface area contributed by atoms with Crippen LogP contribution < -0.4 is 0 Å². The zero-order valence-corrected chi connectivity index (χ0v) is 14.0. The molecular weight excluding hydrogens is 288 g/mol. The standard InChI is InChI=1S/C15H20N2OS2/c1-10(2)17(12(4)18)8-7-15-16-13(9-19-15)14-6-5-11(3)20-14/h5-6,9-10H,7-8H2,1-4H3. The fourth-order valence-corrected chi connectivity index (χ4v) is 3.80. The van der Waals surface area contributed by atoms with Gasteiger partial charge in [0.1, 0.15) is 0 Å². The van der Waals surface area contributed by atoms with Gasteiger partial charge in [0.25, 0.3) is 0 Å². The number of aromatic nitrogens is 1. The Labute approximate surface area is 128 Å². The lowest BCUT2D eigenvalue weighted by atomic mass is 10.3. The molecule has 0 aliphatic carbocycles. The van der Waals surface area contributed by atoms with E-state index in [0.717, 1.165) is 23.7 Å². The Morgan fingerprint density at radius 2 is 2.15 bits per heavy atom. The molecule has 0 radical (unpaired) electrons. The number of rotatable bonds is 5. The Kier molecular flexibility index (Phi) is 4.94. The van der Waals surface area contributed by atoms with Crippen LogP contribution in [0.3, 0.4) is 0 Å². The zero-order chi connectivity index (χ0) is 14.7. The van der Waals surface area contributed by atoms with E-state index in [2.05, 4.69) is 29.4 Å². The van der Waals surface area contributed by atoms with Gasteiger partial charge in [0.15, 0.2) is 0 Å². The minimum absolute atomic E-state index is 0.130. The molecule has 20 heavy (non-hydrogen) atoms. The van der Waals surface area contributed by atoms with Gasteiger partial charge >= 0.3 is 0 Å². The SMILES string of the molecule is CC(=O)N(CCc1nc(-c2ccc(C)s2)cs1)C(C)C. The third-order valence-corrected chi connectivity index (χ3v) is 5.07. The average Bonchev–Trinajstić information content (AvgIpc) is 2.97. The fourth-order valence-electron chi connectivity index (χ4n) is 2.11. The minimum Gasteiger partial charge on any atom is -0.340 e. The highest BCUT2D eigenvalue weighted by atomic mass is 32.1. The monoisotopic (exact) mass is 308 g/mol. The molecule has 0 saturated heterocycles. The molecule has 2 aromatic rings. The lowest BCUT2D eigenvalue weighted by Crippen LogP contribution is -2.36. The van der Waals surface area contributed by atoms with E-state index in [1.165, 1.54) is 9.75 Å². The number of hydrogen-bond donors (Lipinski definition) is 0.